The summed E-state index contributed by atoms with van der Waals surface area (Å²) < 4.78 is 17.0. The number of aromatic nitrogens is 2. The van der Waals surface area contributed by atoms with Gasteiger partial charge in [0, 0.05) is 18.8 Å². The van der Waals surface area contributed by atoms with Crippen LogP contribution in [0.2, 0.25) is 0 Å². The second-order valence-electron chi connectivity index (χ2n) is 7.20. The molecule has 5 heteroatoms. The summed E-state index contributed by atoms with van der Waals surface area (Å²) in [6.45, 7) is 7.21. The first-order valence-corrected chi connectivity index (χ1v) is 11.2. The topological polar surface area (TPSA) is 53.5 Å². The fourth-order valence-corrected chi connectivity index (χ4v) is 2.88. The fourth-order valence-electron chi connectivity index (χ4n) is 2.88. The summed E-state index contributed by atoms with van der Waals surface area (Å²) >= 11 is 0. The van der Waals surface area contributed by atoms with Gasteiger partial charge in [0.05, 0.1) is 25.6 Å². The van der Waals surface area contributed by atoms with Gasteiger partial charge in [-0.3, -0.25) is 0 Å². The van der Waals surface area contributed by atoms with Crippen LogP contribution in [0.25, 0.3) is 11.4 Å². The highest BCUT2D eigenvalue weighted by atomic mass is 16.5. The summed E-state index contributed by atoms with van der Waals surface area (Å²) in [6, 6.07) is 7.94. The minimum atomic E-state index is 0.652. The Morgan fingerprint density at radius 3 is 2.13 bits per heavy atom. The molecule has 0 spiro atoms. The van der Waals surface area contributed by atoms with E-state index in [4.69, 9.17) is 14.2 Å². The molecular formula is C25H36N2O3. The molecule has 0 saturated carbocycles. The summed E-state index contributed by atoms with van der Waals surface area (Å²) in [5, 5.41) is 0. The summed E-state index contributed by atoms with van der Waals surface area (Å²) in [5.41, 5.74) is 0.966. The monoisotopic (exact) mass is 412 g/mol. The molecule has 1 aromatic heterocycles. The minimum absolute atomic E-state index is 0.652. The van der Waals surface area contributed by atoms with E-state index in [-0.39, 0.29) is 0 Å². The molecule has 0 fully saturated rings. The van der Waals surface area contributed by atoms with E-state index < -0.39 is 0 Å². The van der Waals surface area contributed by atoms with E-state index >= 15 is 0 Å². The van der Waals surface area contributed by atoms with Gasteiger partial charge in [-0.25, -0.2) is 9.97 Å². The second kappa shape index (κ2) is 15.4. The van der Waals surface area contributed by atoms with E-state index in [0.717, 1.165) is 63.2 Å². The van der Waals surface area contributed by atoms with Crippen molar-refractivity contribution >= 4 is 0 Å². The fraction of sp³-hybridized carbons (Fsp3) is 0.520. The molecular weight excluding hydrogens is 376 g/mol. The Labute approximate surface area is 181 Å². The van der Waals surface area contributed by atoms with Crippen LogP contribution in [0.15, 0.2) is 48.8 Å². The van der Waals surface area contributed by atoms with Crippen molar-refractivity contribution in [3.8, 4) is 22.9 Å². The number of allylic oxidation sites excluding steroid dienone is 2. The zero-order chi connectivity index (χ0) is 21.3. The number of ether oxygens (including phenoxy) is 3. The maximum absolute atomic E-state index is 5.82. The number of benzene rings is 1. The van der Waals surface area contributed by atoms with Crippen molar-refractivity contribution in [1.29, 1.82) is 0 Å². The molecule has 0 amide bonds. The molecule has 0 aliphatic carbocycles. The van der Waals surface area contributed by atoms with Crippen molar-refractivity contribution < 1.29 is 14.2 Å². The smallest absolute Gasteiger partial charge is 0.159 e. The number of hydrogen-bond donors (Lipinski definition) is 0. The van der Waals surface area contributed by atoms with Crippen LogP contribution in [0.1, 0.15) is 58.8 Å². The molecule has 0 aliphatic heterocycles. The van der Waals surface area contributed by atoms with Gasteiger partial charge in [-0.15, -0.1) is 0 Å². The highest BCUT2D eigenvalue weighted by Gasteiger charge is 2.03. The molecule has 0 bridgehead atoms. The number of hydrogen-bond acceptors (Lipinski definition) is 5. The lowest BCUT2D eigenvalue weighted by Crippen LogP contribution is -2.02. The van der Waals surface area contributed by atoms with Crippen molar-refractivity contribution in [1.82, 2.24) is 9.97 Å². The first-order valence-electron chi connectivity index (χ1n) is 11.2. The Balaban J connectivity index is 1.67. The molecule has 2 aromatic rings. The predicted molar refractivity (Wildman–Crippen MR) is 122 cm³/mol. The second-order valence-corrected chi connectivity index (χ2v) is 7.20. The zero-order valence-electron chi connectivity index (χ0n) is 18.5. The number of rotatable bonds is 16. The first-order chi connectivity index (χ1) is 14.8. The lowest BCUT2D eigenvalue weighted by atomic mass is 10.2. The van der Waals surface area contributed by atoms with E-state index in [1.807, 2.05) is 24.3 Å². The number of unbranched alkanes of at least 4 members (excludes halogenated alkanes) is 4. The van der Waals surface area contributed by atoms with E-state index in [1.165, 1.54) is 12.8 Å². The molecule has 0 aliphatic rings. The summed E-state index contributed by atoms with van der Waals surface area (Å²) in [7, 11) is 0. The third-order valence-electron chi connectivity index (χ3n) is 4.56. The Morgan fingerprint density at radius 2 is 1.43 bits per heavy atom. The molecule has 0 radical (unpaired) electrons. The van der Waals surface area contributed by atoms with Crippen LogP contribution in [0, 0.1) is 0 Å². The molecule has 0 atom stereocenters. The van der Waals surface area contributed by atoms with Crippen LogP contribution in [-0.2, 0) is 4.74 Å². The minimum Gasteiger partial charge on any atom is -0.494 e. The maximum Gasteiger partial charge on any atom is 0.159 e. The maximum atomic E-state index is 5.82. The van der Waals surface area contributed by atoms with Crippen LogP contribution in [-0.4, -0.2) is 36.4 Å². The van der Waals surface area contributed by atoms with Crippen molar-refractivity contribution in [2.45, 2.75) is 58.8 Å². The van der Waals surface area contributed by atoms with Crippen molar-refractivity contribution in [2.75, 3.05) is 26.4 Å². The molecule has 5 nitrogen and oxygen atoms in total. The third kappa shape index (κ3) is 9.88. The Bertz CT molecular complexity index is 699. The lowest BCUT2D eigenvalue weighted by molar-refractivity contribution is 0.127. The van der Waals surface area contributed by atoms with Gasteiger partial charge in [0.2, 0.25) is 0 Å². The molecule has 2 rings (SSSR count). The van der Waals surface area contributed by atoms with Crippen LogP contribution in [0.4, 0.5) is 0 Å². The van der Waals surface area contributed by atoms with Crippen molar-refractivity contribution in [2.24, 2.45) is 0 Å². The highest BCUT2D eigenvalue weighted by molar-refractivity contribution is 5.56. The lowest BCUT2D eigenvalue weighted by Gasteiger charge is -2.08. The van der Waals surface area contributed by atoms with Gasteiger partial charge in [-0.2, -0.15) is 0 Å². The van der Waals surface area contributed by atoms with Gasteiger partial charge >= 0.3 is 0 Å². The molecule has 0 saturated heterocycles. The SMILES string of the molecule is C/C=C/CCCCCOc1ccc(-c2ncc(OCCCCOCCC)cn2)cc1. The van der Waals surface area contributed by atoms with Crippen molar-refractivity contribution in [3.05, 3.63) is 48.8 Å². The van der Waals surface area contributed by atoms with Gasteiger partial charge in [-0.1, -0.05) is 19.1 Å². The molecule has 1 heterocycles. The summed E-state index contributed by atoms with van der Waals surface area (Å²) in [5.74, 6) is 2.27. The standard InChI is InChI=1S/C25H36N2O3/c1-3-5-6-7-8-9-18-29-23-14-12-22(13-15-23)25-26-20-24(21-27-25)30-19-11-10-17-28-16-4-2/h3,5,12-15,20-21H,4,6-11,16-19H2,1-2H3/b5-3+. The van der Waals surface area contributed by atoms with Gasteiger partial charge in [0.25, 0.3) is 0 Å². The molecule has 1 aromatic carbocycles. The average Bonchev–Trinajstić information content (AvgIpc) is 2.79. The van der Waals surface area contributed by atoms with E-state index in [2.05, 4.69) is 36.0 Å². The van der Waals surface area contributed by atoms with E-state index in [9.17, 15) is 0 Å². The molecule has 30 heavy (non-hydrogen) atoms. The molecule has 0 unspecified atom stereocenters. The van der Waals surface area contributed by atoms with Crippen molar-refractivity contribution in [3.63, 3.8) is 0 Å². The normalized spacial score (nSPS) is 11.1. The average molecular weight is 413 g/mol. The Hall–Kier alpha value is -2.40. The van der Waals surface area contributed by atoms with Gasteiger partial charge in [0.1, 0.15) is 5.75 Å². The summed E-state index contributed by atoms with van der Waals surface area (Å²) in [4.78, 5) is 8.84. The van der Waals surface area contributed by atoms with E-state index in [0.29, 0.717) is 18.2 Å². The molecule has 0 N–H and O–H groups in total. The van der Waals surface area contributed by atoms with Gasteiger partial charge < -0.3 is 14.2 Å². The third-order valence-corrected chi connectivity index (χ3v) is 4.56. The van der Waals surface area contributed by atoms with Crippen LogP contribution in [0.5, 0.6) is 11.5 Å². The summed E-state index contributed by atoms with van der Waals surface area (Å²) in [6.07, 6.45) is 15.5. The predicted octanol–water partition coefficient (Wildman–Crippen LogP) is 6.24. The largest absolute Gasteiger partial charge is 0.494 e. The molecule has 164 valence electrons. The zero-order valence-corrected chi connectivity index (χ0v) is 18.5. The van der Waals surface area contributed by atoms with Crippen LogP contribution in [0.3, 0.4) is 0 Å². The quantitative estimate of drug-likeness (QED) is 0.241. The Morgan fingerprint density at radius 1 is 0.767 bits per heavy atom. The first kappa shape index (κ1) is 23.9. The Kier molecular flexibility index (Phi) is 12.3. The highest BCUT2D eigenvalue weighted by Crippen LogP contribution is 2.20. The van der Waals surface area contributed by atoms with Gasteiger partial charge in [-0.05, 0) is 76.1 Å². The van der Waals surface area contributed by atoms with Gasteiger partial charge in [0.15, 0.2) is 11.6 Å². The van der Waals surface area contributed by atoms with E-state index in [1.54, 1.807) is 12.4 Å². The van der Waals surface area contributed by atoms with Crippen LogP contribution >= 0.6 is 0 Å². The van der Waals surface area contributed by atoms with Crippen LogP contribution < -0.4 is 9.47 Å². The number of nitrogens with zero attached hydrogens (tertiary/aromatic N) is 2.